The molecular formula is C22H25N3O6S. The topological polar surface area (TPSA) is 116 Å². The van der Waals surface area contributed by atoms with Gasteiger partial charge in [-0.25, -0.2) is 13.4 Å². The van der Waals surface area contributed by atoms with Crippen molar-refractivity contribution < 1.29 is 22.7 Å². The second-order valence-electron chi connectivity index (χ2n) is 7.57. The number of aryl methyl sites for hydroxylation is 1. The van der Waals surface area contributed by atoms with Crippen LogP contribution in [0.2, 0.25) is 0 Å². The van der Waals surface area contributed by atoms with E-state index < -0.39 is 22.0 Å². The fourth-order valence-electron chi connectivity index (χ4n) is 3.12. The smallest absolute Gasteiger partial charge is 0.324 e. The van der Waals surface area contributed by atoms with Crippen molar-refractivity contribution in [3.05, 3.63) is 70.3 Å². The normalized spacial score (nSPS) is 12.7. The lowest BCUT2D eigenvalue weighted by atomic mass is 10.1. The van der Waals surface area contributed by atoms with Gasteiger partial charge in [0.1, 0.15) is 24.0 Å². The number of nitrogens with zero attached hydrogens (tertiary/aromatic N) is 2. The summed E-state index contributed by atoms with van der Waals surface area (Å²) in [6.45, 7) is 4.93. The second-order valence-corrected chi connectivity index (χ2v) is 9.29. The number of hydrogen-bond acceptors (Lipinski definition) is 7. The van der Waals surface area contributed by atoms with E-state index in [1.54, 1.807) is 39.0 Å². The van der Waals surface area contributed by atoms with Crippen LogP contribution in [0.5, 0.6) is 5.75 Å². The molecule has 10 heteroatoms. The molecule has 2 aromatic heterocycles. The highest BCUT2D eigenvalue weighted by atomic mass is 32.2. The van der Waals surface area contributed by atoms with Crippen molar-refractivity contribution >= 4 is 21.6 Å². The summed E-state index contributed by atoms with van der Waals surface area (Å²) in [6, 6.07) is 11.2. The third-order valence-electron chi connectivity index (χ3n) is 4.87. The number of benzene rings is 1. The molecule has 0 saturated heterocycles. The van der Waals surface area contributed by atoms with Crippen molar-refractivity contribution in [2.75, 3.05) is 7.11 Å². The minimum Gasteiger partial charge on any atom is -0.497 e. The molecule has 0 radical (unpaired) electrons. The number of ether oxygens (including phenoxy) is 2. The number of pyridine rings is 1. The molecule has 0 amide bonds. The van der Waals surface area contributed by atoms with Gasteiger partial charge in [0.15, 0.2) is 0 Å². The second kappa shape index (κ2) is 9.49. The van der Waals surface area contributed by atoms with E-state index in [0.29, 0.717) is 11.4 Å². The lowest BCUT2D eigenvalue weighted by molar-refractivity contribution is -0.148. The van der Waals surface area contributed by atoms with Gasteiger partial charge < -0.3 is 9.47 Å². The largest absolute Gasteiger partial charge is 0.497 e. The number of methoxy groups -OCH3 is 1. The third kappa shape index (κ3) is 5.14. The average molecular weight is 460 g/mol. The van der Waals surface area contributed by atoms with Crippen molar-refractivity contribution in [3.63, 3.8) is 0 Å². The Morgan fingerprint density at radius 3 is 2.47 bits per heavy atom. The molecule has 0 spiro atoms. The summed E-state index contributed by atoms with van der Waals surface area (Å²) >= 11 is 0. The molecular weight excluding hydrogens is 434 g/mol. The molecule has 0 aliphatic rings. The predicted octanol–water partition coefficient (Wildman–Crippen LogP) is 2.06. The number of carbonyl (C=O) groups is 1. The highest BCUT2D eigenvalue weighted by molar-refractivity contribution is 7.89. The summed E-state index contributed by atoms with van der Waals surface area (Å²) in [5, 5.41) is 0. The van der Waals surface area contributed by atoms with Gasteiger partial charge in [-0.05, 0) is 49.2 Å². The maximum absolute atomic E-state index is 12.7. The highest BCUT2D eigenvalue weighted by Gasteiger charge is 2.30. The average Bonchev–Trinajstić information content (AvgIpc) is 2.75. The maximum Gasteiger partial charge on any atom is 0.324 e. The van der Waals surface area contributed by atoms with Gasteiger partial charge in [0.05, 0.1) is 17.7 Å². The summed E-state index contributed by atoms with van der Waals surface area (Å²) in [5.41, 5.74) is 1.15. The van der Waals surface area contributed by atoms with E-state index in [-0.39, 0.29) is 28.7 Å². The minimum absolute atomic E-state index is 0.00339. The number of sulfonamides is 1. The van der Waals surface area contributed by atoms with E-state index in [2.05, 4.69) is 9.71 Å². The Bertz CT molecular complexity index is 1280. The Hall–Kier alpha value is -3.24. The number of rotatable bonds is 8. The zero-order valence-corrected chi connectivity index (χ0v) is 19.0. The first-order chi connectivity index (χ1) is 15.1. The summed E-state index contributed by atoms with van der Waals surface area (Å²) in [6.07, 6.45) is 0. The first-order valence-corrected chi connectivity index (χ1v) is 11.4. The van der Waals surface area contributed by atoms with Crippen LogP contribution in [0.1, 0.15) is 25.2 Å². The highest BCUT2D eigenvalue weighted by Crippen LogP contribution is 2.17. The number of fused-ring (bicyclic) bond motifs is 1. The Morgan fingerprint density at radius 2 is 1.84 bits per heavy atom. The Labute approximate surface area is 186 Å². The SMILES string of the molecule is COc1ccc(S(=O)(=O)NC(C(=O)OCc2cc(=O)n3c(C)cccc3n2)C(C)C)cc1. The summed E-state index contributed by atoms with van der Waals surface area (Å²) in [7, 11) is -2.49. The molecule has 170 valence electrons. The lowest BCUT2D eigenvalue weighted by Gasteiger charge is -2.21. The molecule has 0 aliphatic heterocycles. The lowest BCUT2D eigenvalue weighted by Crippen LogP contribution is -2.45. The van der Waals surface area contributed by atoms with Gasteiger partial charge in [0.25, 0.3) is 5.56 Å². The molecule has 0 fully saturated rings. The quantitative estimate of drug-likeness (QED) is 0.513. The van der Waals surface area contributed by atoms with Crippen LogP contribution in [-0.2, 0) is 26.2 Å². The van der Waals surface area contributed by atoms with Crippen molar-refractivity contribution in [1.82, 2.24) is 14.1 Å². The van der Waals surface area contributed by atoms with Gasteiger partial charge in [0, 0.05) is 11.8 Å². The van der Waals surface area contributed by atoms with Gasteiger partial charge in [-0.1, -0.05) is 19.9 Å². The zero-order chi connectivity index (χ0) is 23.5. The molecule has 1 atom stereocenters. The first-order valence-electron chi connectivity index (χ1n) is 9.93. The van der Waals surface area contributed by atoms with Crippen LogP contribution in [0.4, 0.5) is 0 Å². The van der Waals surface area contributed by atoms with Crippen molar-refractivity contribution in [2.45, 2.75) is 38.3 Å². The molecule has 0 aliphatic carbocycles. The van der Waals surface area contributed by atoms with Crippen LogP contribution in [0.25, 0.3) is 5.65 Å². The van der Waals surface area contributed by atoms with Crippen molar-refractivity contribution in [3.8, 4) is 5.75 Å². The monoisotopic (exact) mass is 459 g/mol. The van der Waals surface area contributed by atoms with Crippen LogP contribution in [0, 0.1) is 12.8 Å². The maximum atomic E-state index is 12.7. The summed E-state index contributed by atoms with van der Waals surface area (Å²) < 4.78 is 39.7. The minimum atomic E-state index is -3.97. The van der Waals surface area contributed by atoms with E-state index >= 15 is 0 Å². The number of carbonyl (C=O) groups excluding carboxylic acids is 1. The van der Waals surface area contributed by atoms with E-state index in [4.69, 9.17) is 9.47 Å². The van der Waals surface area contributed by atoms with Gasteiger partial charge in [-0.15, -0.1) is 0 Å². The molecule has 3 rings (SSSR count). The van der Waals surface area contributed by atoms with Gasteiger partial charge in [-0.3, -0.25) is 14.0 Å². The van der Waals surface area contributed by atoms with Gasteiger partial charge in [-0.2, -0.15) is 4.72 Å². The van der Waals surface area contributed by atoms with Gasteiger partial charge >= 0.3 is 5.97 Å². The molecule has 1 N–H and O–H groups in total. The number of nitrogens with one attached hydrogen (secondary N) is 1. The van der Waals surface area contributed by atoms with E-state index in [0.717, 1.165) is 5.69 Å². The van der Waals surface area contributed by atoms with E-state index in [1.165, 1.54) is 41.8 Å². The fraction of sp³-hybridized carbons (Fsp3) is 0.318. The molecule has 1 aromatic carbocycles. The van der Waals surface area contributed by atoms with E-state index in [1.807, 2.05) is 0 Å². The number of aromatic nitrogens is 2. The van der Waals surface area contributed by atoms with Crippen molar-refractivity contribution in [1.29, 1.82) is 0 Å². The Kier molecular flexibility index (Phi) is 6.95. The molecule has 1 unspecified atom stereocenters. The molecule has 3 aromatic rings. The standard InChI is InChI=1S/C22H25N3O6S/c1-14(2)21(24-32(28,29)18-10-8-17(30-4)9-11-18)22(27)31-13-16-12-20(26)25-15(3)6-5-7-19(25)23-16/h5-12,14,21,24H,13H2,1-4H3. The van der Waals surface area contributed by atoms with Gasteiger partial charge in [0.2, 0.25) is 10.0 Å². The Balaban J connectivity index is 1.75. The molecule has 32 heavy (non-hydrogen) atoms. The predicted molar refractivity (Wildman–Crippen MR) is 118 cm³/mol. The van der Waals surface area contributed by atoms with Crippen LogP contribution in [0.3, 0.4) is 0 Å². The Morgan fingerprint density at radius 1 is 1.16 bits per heavy atom. The van der Waals surface area contributed by atoms with Crippen LogP contribution in [-0.4, -0.2) is 36.9 Å². The van der Waals surface area contributed by atoms with E-state index in [9.17, 15) is 18.0 Å². The fourth-order valence-corrected chi connectivity index (χ4v) is 4.45. The molecule has 9 nitrogen and oxygen atoms in total. The first kappa shape index (κ1) is 23.4. The van der Waals surface area contributed by atoms with Crippen molar-refractivity contribution in [2.24, 2.45) is 5.92 Å². The van der Waals surface area contributed by atoms with Crippen LogP contribution >= 0.6 is 0 Å². The zero-order valence-electron chi connectivity index (χ0n) is 18.2. The molecule has 0 bridgehead atoms. The molecule has 0 saturated carbocycles. The van der Waals surface area contributed by atoms with Crippen LogP contribution in [0.15, 0.2) is 58.2 Å². The summed E-state index contributed by atoms with van der Waals surface area (Å²) in [5.74, 6) is -0.630. The number of hydrogen-bond donors (Lipinski definition) is 1. The number of esters is 1. The molecule has 2 heterocycles. The van der Waals surface area contributed by atoms with Crippen LogP contribution < -0.4 is 15.0 Å². The summed E-state index contributed by atoms with van der Waals surface area (Å²) in [4.78, 5) is 29.4. The third-order valence-corrected chi connectivity index (χ3v) is 6.32.